The van der Waals surface area contributed by atoms with E-state index in [-0.39, 0.29) is 0 Å². The van der Waals surface area contributed by atoms with Crippen LogP contribution in [0.2, 0.25) is 0 Å². The van der Waals surface area contributed by atoms with Gasteiger partial charge < -0.3 is 19.9 Å². The fourth-order valence-corrected chi connectivity index (χ4v) is 23.1. The fraction of sp³-hybridized carbons (Fsp3) is 0.315. The number of aryl methyl sites for hydroxylation is 8. The van der Waals surface area contributed by atoms with E-state index in [1.807, 2.05) is 72.8 Å². The summed E-state index contributed by atoms with van der Waals surface area (Å²) >= 11 is 4.33. The lowest BCUT2D eigenvalue weighted by Crippen LogP contribution is -2.15. The average Bonchev–Trinajstić information content (AvgIpc) is 1.55. The van der Waals surface area contributed by atoms with Gasteiger partial charge in [0, 0.05) is 44.3 Å². The van der Waals surface area contributed by atoms with Gasteiger partial charge in [0.15, 0.2) is 0 Å². The summed E-state index contributed by atoms with van der Waals surface area (Å²) < 4.78 is 0.879. The normalized spacial score (nSPS) is 13.5. The first-order valence-corrected chi connectivity index (χ1v) is 47.7. The van der Waals surface area contributed by atoms with Gasteiger partial charge in [0.25, 0.3) is 0 Å². The Hall–Kier alpha value is -12.5. The van der Waals surface area contributed by atoms with Crippen molar-refractivity contribution in [2.24, 2.45) is 20.7 Å². The van der Waals surface area contributed by atoms with Crippen molar-refractivity contribution in [3.8, 4) is 77.9 Å². The van der Waals surface area contributed by atoms with Crippen LogP contribution in [0.25, 0.3) is 167 Å². The van der Waals surface area contributed by atoms with Gasteiger partial charge in [-0.25, -0.2) is 19.9 Å². The molecule has 16 nitrogen and oxygen atoms in total. The van der Waals surface area contributed by atoms with E-state index in [0.29, 0.717) is 112 Å². The molecule has 12 aromatic rings. The van der Waals surface area contributed by atoms with Crippen LogP contribution in [0.4, 0.5) is 22.7 Å². The minimum atomic E-state index is -0.634. The van der Waals surface area contributed by atoms with Crippen molar-refractivity contribution >= 4 is 141 Å². The first-order chi connectivity index (χ1) is 62.7. The quantitative estimate of drug-likeness (QED) is 0.0300. The van der Waals surface area contributed by atoms with Gasteiger partial charge in [0.2, 0.25) is 0 Å². The second-order valence-corrected chi connectivity index (χ2v) is 35.5. The van der Waals surface area contributed by atoms with Gasteiger partial charge in [-0.05, 0) is 350 Å². The first-order valence-electron chi connectivity index (χ1n) is 46.9. The molecule has 16 bridgehead atoms. The molecule has 6 aromatic carbocycles. The summed E-state index contributed by atoms with van der Waals surface area (Å²) in [6.07, 6.45) is 11.0. The highest BCUT2D eigenvalue weighted by molar-refractivity contribution is 9.10. The maximum atomic E-state index is 12.4. The van der Waals surface area contributed by atoms with Gasteiger partial charge in [-0.1, -0.05) is 197 Å². The summed E-state index contributed by atoms with van der Waals surface area (Å²) in [7, 11) is 7.84. The molecule has 10 heterocycles. The van der Waals surface area contributed by atoms with Crippen LogP contribution < -0.4 is 5.46 Å². The Balaban J connectivity index is 1.02. The van der Waals surface area contributed by atoms with E-state index < -0.39 is 5.41 Å². The molecule has 1 aliphatic carbocycles. The maximum absolute atomic E-state index is 12.4. The highest BCUT2D eigenvalue weighted by Gasteiger charge is 2.40. The van der Waals surface area contributed by atoms with Crippen molar-refractivity contribution < 1.29 is 0 Å². The van der Waals surface area contributed by atoms with Crippen molar-refractivity contribution in [2.45, 2.75) is 233 Å². The summed E-state index contributed by atoms with van der Waals surface area (Å²) in [5.74, 6) is 0. The lowest BCUT2D eigenvalue weighted by atomic mass is 9.80. The molecule has 2 radical (unpaired) electrons. The molecule has 6 aromatic heterocycles. The molecule has 0 saturated heterocycles. The number of fused-ring (bicyclic) bond motifs is 19. The lowest BCUT2D eigenvalue weighted by molar-refractivity contribution is 0.661. The molecule has 4 N–H and O–H groups in total. The second-order valence-electron chi connectivity index (χ2n) is 34.7. The predicted octanol–water partition coefficient (Wildman–Crippen LogP) is 31.8. The molecule has 0 saturated carbocycles. The van der Waals surface area contributed by atoms with Crippen LogP contribution in [-0.4, -0.2) is 47.7 Å². The molecule has 129 heavy (non-hydrogen) atoms. The Labute approximate surface area is 765 Å². The van der Waals surface area contributed by atoms with Crippen LogP contribution in [0.1, 0.15) is 277 Å². The Kier molecular flexibility index (Phi) is 24.6. The number of nitroso groups, excluding NO2 is 4. The average molecular weight is 1770 g/mol. The van der Waals surface area contributed by atoms with Gasteiger partial charge in [-0.3, -0.25) is 0 Å². The molecule has 17 rings (SSSR count). The molecule has 0 atom stereocenters. The number of allylic oxidation sites excluding steroid dienone is 8. The van der Waals surface area contributed by atoms with E-state index in [1.165, 1.54) is 33.4 Å². The Morgan fingerprint density at radius 1 is 0.264 bits per heavy atom. The summed E-state index contributed by atoms with van der Waals surface area (Å²) in [6.45, 7) is 40.6. The van der Waals surface area contributed by atoms with Crippen LogP contribution >= 0.6 is 15.9 Å². The Morgan fingerprint density at radius 3 is 0.721 bits per heavy atom. The van der Waals surface area contributed by atoms with Gasteiger partial charge in [0.05, 0.1) is 88.6 Å². The zero-order valence-corrected chi connectivity index (χ0v) is 79.3. The van der Waals surface area contributed by atoms with Crippen LogP contribution in [0, 0.1) is 19.6 Å². The van der Waals surface area contributed by atoms with Crippen LogP contribution in [0.3, 0.4) is 0 Å². The third-order valence-corrected chi connectivity index (χ3v) is 29.1. The van der Waals surface area contributed by atoms with Gasteiger partial charge in [-0.15, -0.1) is 19.6 Å². The third kappa shape index (κ3) is 14.0. The first kappa shape index (κ1) is 88.5. The monoisotopic (exact) mass is 1770 g/mol. The number of nitrogens with zero attached hydrogens (tertiary/aromatic N) is 8. The molecule has 0 fully saturated rings. The summed E-state index contributed by atoms with van der Waals surface area (Å²) in [5, 5.41) is 13.7. The van der Waals surface area contributed by atoms with E-state index in [1.54, 1.807) is 24.3 Å². The number of aromatic nitrogens is 8. The standard InChI is InChI=1S/C111H112BBrN12O4/c1-19-67-71(23-5)103-91(104-72(24-6)68(20-2)96(115-104)88(58-37-47-64(123-127)48-38-58)100-76(28-10)80(32-14)108(119-100)93(112)107-79(31-13)75(27-9)99(118-107)87(95(67)114-103)57-35-45-63(122-126)46-36-57)61-43-53-83-84-54-44-62(56-86(84)111(17,18)85(83)55-61)92-105-73(25-7)69(21-3)97(116-105)89(59-39-49-65(124-128)50-40-59)101-77(29-11)81(33-15)109(120-101)94(113)110-82(34-16)78(30-12)102(121-110)90(60-41-51-66(125-129)52-42-60)98-70(22-4)74(26-8)106(92)117-98/h35-56,114,116,119,121H,19-34H2,1-18H3. The van der Waals surface area contributed by atoms with E-state index in [9.17, 15) is 19.6 Å². The van der Waals surface area contributed by atoms with Crippen molar-refractivity contribution in [3.63, 3.8) is 0 Å². The van der Waals surface area contributed by atoms with E-state index in [4.69, 9.17) is 27.8 Å². The van der Waals surface area contributed by atoms with Crippen molar-refractivity contribution in [1.82, 2.24) is 39.9 Å². The minimum absolute atomic E-state index is 0.331. The molecule has 5 aliphatic rings. The number of rotatable bonds is 26. The summed E-state index contributed by atoms with van der Waals surface area (Å²) in [5.41, 5.74) is 49.8. The number of aromatic amines is 4. The molecular formula is C111H112BBrN12O4. The van der Waals surface area contributed by atoms with Crippen molar-refractivity contribution in [2.75, 3.05) is 0 Å². The smallest absolute Gasteiger partial charge is 0.119 e. The van der Waals surface area contributed by atoms with E-state index in [2.05, 4.69) is 218 Å². The maximum Gasteiger partial charge on any atom is 0.119 e. The van der Waals surface area contributed by atoms with Crippen LogP contribution in [0.15, 0.2) is 159 Å². The summed E-state index contributed by atoms with van der Waals surface area (Å²) in [4.78, 5) is 90.9. The van der Waals surface area contributed by atoms with E-state index >= 15 is 0 Å². The lowest BCUT2D eigenvalue weighted by Gasteiger charge is -2.23. The number of halogens is 1. The number of hydrogen-bond acceptors (Lipinski definition) is 12. The minimum Gasteiger partial charge on any atom is -0.355 e. The fourth-order valence-electron chi connectivity index (χ4n) is 22.4. The topological polar surface area (TPSA) is 232 Å². The number of nitrogens with one attached hydrogen (secondary N) is 4. The molecule has 0 unspecified atom stereocenters. The SMILES string of the molecule is [B]c1c2nc(c(-c3ccc(N=O)cc3)c3[nH]c(c(CC)c3CC)c(-c3ccc4c(c3)C(C)(C)c3cc(-c5c6nc(c(-c7ccc(N=O)cc7)c7[nH]c(c(Br)c8nc(c(-c9ccc(N=O)cc9)c9[nH]c5c(CC)c9CC)C(CC)=C8CC)c(CC)c7CC)C(CC)=C6CC)ccc3-4)c3nc(c(-c4ccc(N=O)cc4)c4[nH]c1c(CC)c4CC)C(CC)=C3CC)C(CC)=C2CC. The van der Waals surface area contributed by atoms with Crippen LogP contribution in [0.5, 0.6) is 0 Å². The molecule has 650 valence electrons. The van der Waals surface area contributed by atoms with Crippen LogP contribution in [-0.2, 0) is 56.8 Å². The highest BCUT2D eigenvalue weighted by Crippen LogP contribution is 2.57. The number of hydrogen-bond donors (Lipinski definition) is 4. The van der Waals surface area contributed by atoms with Gasteiger partial charge in [0.1, 0.15) is 30.6 Å². The largest absolute Gasteiger partial charge is 0.355 e. The van der Waals surface area contributed by atoms with Gasteiger partial charge >= 0.3 is 0 Å². The molecule has 0 spiro atoms. The third-order valence-electron chi connectivity index (χ3n) is 28.3. The van der Waals surface area contributed by atoms with Gasteiger partial charge in [-0.2, -0.15) is 0 Å². The van der Waals surface area contributed by atoms with Crippen molar-refractivity contribution in [3.05, 3.63) is 259 Å². The Morgan fingerprint density at radius 2 is 0.465 bits per heavy atom. The molecule has 18 heteroatoms. The second kappa shape index (κ2) is 35.8. The number of H-pyrrole nitrogens is 4. The zero-order chi connectivity index (χ0) is 91.0. The Bertz CT molecular complexity index is 6700. The predicted molar refractivity (Wildman–Crippen MR) is 545 cm³/mol. The van der Waals surface area contributed by atoms with Crippen molar-refractivity contribution in [1.29, 1.82) is 0 Å². The zero-order valence-electron chi connectivity index (χ0n) is 77.7. The molecular weight excluding hydrogens is 1660 g/mol. The highest BCUT2D eigenvalue weighted by atomic mass is 79.9. The molecule has 0 amide bonds. The van der Waals surface area contributed by atoms with E-state index in [0.717, 1.165) is 258 Å². The summed E-state index contributed by atoms with van der Waals surface area (Å²) in [6, 6.07) is 45.0. The number of benzene rings is 6. The molecule has 4 aliphatic heterocycles.